The fourth-order valence-corrected chi connectivity index (χ4v) is 2.18. The predicted octanol–water partition coefficient (Wildman–Crippen LogP) is 2.08. The Labute approximate surface area is 109 Å². The lowest BCUT2D eigenvalue weighted by molar-refractivity contribution is 0.199. The van der Waals surface area contributed by atoms with Gasteiger partial charge >= 0.3 is 0 Å². The quantitative estimate of drug-likeness (QED) is 0.814. The van der Waals surface area contributed by atoms with Crippen LogP contribution in [-0.4, -0.2) is 29.8 Å². The Kier molecular flexibility index (Phi) is 4.74. The molecule has 0 radical (unpaired) electrons. The van der Waals surface area contributed by atoms with Gasteiger partial charge in [0.1, 0.15) is 11.5 Å². The molecule has 0 amide bonds. The van der Waals surface area contributed by atoms with Crippen LogP contribution in [0, 0.1) is 5.82 Å². The van der Waals surface area contributed by atoms with E-state index in [1.54, 1.807) is 25.3 Å². The van der Waals surface area contributed by atoms with E-state index in [-0.39, 0.29) is 5.82 Å². The highest BCUT2D eigenvalue weighted by Crippen LogP contribution is 2.25. The number of methoxy groups -OCH3 is 1. The summed E-state index contributed by atoms with van der Waals surface area (Å²) in [5.41, 5.74) is 1.11. The molecule has 0 spiro atoms. The molecule has 1 heterocycles. The molecule has 1 aromatic heterocycles. The Morgan fingerprint density at radius 1 is 1.39 bits per heavy atom. The van der Waals surface area contributed by atoms with Crippen molar-refractivity contribution in [3.8, 4) is 11.3 Å². The van der Waals surface area contributed by atoms with Gasteiger partial charge in [-0.1, -0.05) is 16.6 Å². The summed E-state index contributed by atoms with van der Waals surface area (Å²) in [5.74, 6) is -0.275. The van der Waals surface area contributed by atoms with Crippen LogP contribution in [0.15, 0.2) is 24.3 Å². The standard InChI is InChI=1S/C12H14FN3OS/c1-17-7-6-14-8-11-12(15-16-18-11)9-4-2-3-5-10(9)13/h2-5,14H,6-8H2,1H3. The third-order valence-corrected chi connectivity index (χ3v) is 3.17. The molecule has 2 aromatic rings. The van der Waals surface area contributed by atoms with E-state index in [1.807, 2.05) is 0 Å². The molecule has 0 aliphatic heterocycles. The monoisotopic (exact) mass is 267 g/mol. The van der Waals surface area contributed by atoms with Gasteiger partial charge in [-0.15, -0.1) is 5.10 Å². The molecule has 0 fully saturated rings. The average molecular weight is 267 g/mol. The van der Waals surface area contributed by atoms with Crippen molar-refractivity contribution in [1.82, 2.24) is 14.9 Å². The second kappa shape index (κ2) is 6.53. The number of aromatic nitrogens is 2. The highest BCUT2D eigenvalue weighted by molar-refractivity contribution is 7.05. The van der Waals surface area contributed by atoms with E-state index >= 15 is 0 Å². The predicted molar refractivity (Wildman–Crippen MR) is 68.9 cm³/mol. The van der Waals surface area contributed by atoms with Crippen molar-refractivity contribution in [3.05, 3.63) is 35.0 Å². The van der Waals surface area contributed by atoms with Crippen molar-refractivity contribution in [1.29, 1.82) is 0 Å². The molecule has 1 aromatic carbocycles. The molecule has 1 N–H and O–H groups in total. The van der Waals surface area contributed by atoms with Gasteiger partial charge < -0.3 is 10.1 Å². The molecule has 6 heteroatoms. The van der Waals surface area contributed by atoms with Crippen LogP contribution in [0.1, 0.15) is 4.88 Å². The fourth-order valence-electron chi connectivity index (χ4n) is 1.56. The fraction of sp³-hybridized carbons (Fsp3) is 0.333. The number of ether oxygens (including phenoxy) is 1. The zero-order valence-electron chi connectivity index (χ0n) is 10.0. The highest BCUT2D eigenvalue weighted by atomic mass is 32.1. The van der Waals surface area contributed by atoms with Crippen LogP contribution in [0.25, 0.3) is 11.3 Å². The molecule has 96 valence electrons. The zero-order valence-corrected chi connectivity index (χ0v) is 10.8. The van der Waals surface area contributed by atoms with Gasteiger partial charge in [0.2, 0.25) is 0 Å². The van der Waals surface area contributed by atoms with Crippen LogP contribution >= 0.6 is 11.5 Å². The minimum Gasteiger partial charge on any atom is -0.383 e. The lowest BCUT2D eigenvalue weighted by atomic mass is 10.1. The van der Waals surface area contributed by atoms with Crippen LogP contribution in [0.5, 0.6) is 0 Å². The van der Waals surface area contributed by atoms with Crippen LogP contribution in [0.2, 0.25) is 0 Å². The molecule has 0 aliphatic carbocycles. The Hall–Kier alpha value is -1.37. The molecule has 0 unspecified atom stereocenters. The number of halogens is 1. The number of rotatable bonds is 6. The van der Waals surface area contributed by atoms with E-state index in [9.17, 15) is 4.39 Å². The van der Waals surface area contributed by atoms with Gasteiger partial charge in [-0.05, 0) is 23.7 Å². The van der Waals surface area contributed by atoms with Gasteiger partial charge in [-0.3, -0.25) is 0 Å². The summed E-state index contributed by atoms with van der Waals surface area (Å²) < 4.78 is 22.5. The summed E-state index contributed by atoms with van der Waals surface area (Å²) in [4.78, 5) is 0.927. The molecule has 0 saturated carbocycles. The second-order valence-electron chi connectivity index (χ2n) is 3.69. The minimum atomic E-state index is -0.275. The van der Waals surface area contributed by atoms with Gasteiger partial charge in [0.15, 0.2) is 0 Å². The summed E-state index contributed by atoms with van der Waals surface area (Å²) in [6.45, 7) is 2.00. The van der Waals surface area contributed by atoms with Gasteiger partial charge in [0.05, 0.1) is 11.5 Å². The third-order valence-electron chi connectivity index (χ3n) is 2.45. The minimum absolute atomic E-state index is 0.275. The van der Waals surface area contributed by atoms with E-state index in [0.717, 1.165) is 11.4 Å². The summed E-state index contributed by atoms with van der Waals surface area (Å²) in [5, 5.41) is 7.20. The Morgan fingerprint density at radius 3 is 3.00 bits per heavy atom. The topological polar surface area (TPSA) is 47.0 Å². The molecular formula is C12H14FN3OS. The number of hydrogen-bond acceptors (Lipinski definition) is 5. The molecule has 18 heavy (non-hydrogen) atoms. The lowest BCUT2D eigenvalue weighted by Gasteiger charge is -2.04. The zero-order chi connectivity index (χ0) is 12.8. The number of nitrogens with one attached hydrogen (secondary N) is 1. The van der Waals surface area contributed by atoms with Crippen molar-refractivity contribution < 1.29 is 9.13 Å². The number of hydrogen-bond donors (Lipinski definition) is 1. The van der Waals surface area contributed by atoms with Gasteiger partial charge in [0.25, 0.3) is 0 Å². The first-order chi connectivity index (χ1) is 8.83. The van der Waals surface area contributed by atoms with E-state index in [0.29, 0.717) is 24.4 Å². The molecule has 0 saturated heterocycles. The molecule has 0 atom stereocenters. The first kappa shape index (κ1) is 13.1. The molecule has 0 bridgehead atoms. The molecule has 2 rings (SSSR count). The molecule has 4 nitrogen and oxygen atoms in total. The van der Waals surface area contributed by atoms with Gasteiger partial charge in [0, 0.05) is 25.8 Å². The largest absolute Gasteiger partial charge is 0.383 e. The normalized spacial score (nSPS) is 10.8. The van der Waals surface area contributed by atoms with Crippen molar-refractivity contribution in [3.63, 3.8) is 0 Å². The van der Waals surface area contributed by atoms with Crippen molar-refractivity contribution in [2.24, 2.45) is 0 Å². The molecule has 0 aliphatic rings. The number of benzene rings is 1. The highest BCUT2D eigenvalue weighted by Gasteiger charge is 2.13. The smallest absolute Gasteiger partial charge is 0.132 e. The van der Waals surface area contributed by atoms with Crippen molar-refractivity contribution in [2.45, 2.75) is 6.54 Å². The van der Waals surface area contributed by atoms with Gasteiger partial charge in [-0.25, -0.2) is 4.39 Å². The SMILES string of the molecule is COCCNCc1snnc1-c1ccccc1F. The van der Waals surface area contributed by atoms with E-state index in [2.05, 4.69) is 14.9 Å². The Morgan fingerprint density at radius 2 is 2.22 bits per heavy atom. The van der Waals surface area contributed by atoms with Crippen LogP contribution in [-0.2, 0) is 11.3 Å². The Bertz CT molecular complexity index is 504. The summed E-state index contributed by atoms with van der Waals surface area (Å²) in [6, 6.07) is 6.59. The summed E-state index contributed by atoms with van der Waals surface area (Å²) in [7, 11) is 1.65. The van der Waals surface area contributed by atoms with Crippen LogP contribution in [0.3, 0.4) is 0 Å². The summed E-state index contributed by atoms with van der Waals surface area (Å²) in [6.07, 6.45) is 0. The summed E-state index contributed by atoms with van der Waals surface area (Å²) >= 11 is 1.28. The average Bonchev–Trinajstić information content (AvgIpc) is 2.83. The van der Waals surface area contributed by atoms with Crippen LogP contribution < -0.4 is 5.32 Å². The first-order valence-corrected chi connectivity index (χ1v) is 6.36. The first-order valence-electron chi connectivity index (χ1n) is 5.58. The third kappa shape index (κ3) is 3.10. The second-order valence-corrected chi connectivity index (χ2v) is 4.53. The van der Waals surface area contributed by atoms with Crippen LogP contribution in [0.4, 0.5) is 4.39 Å². The van der Waals surface area contributed by atoms with Crippen molar-refractivity contribution in [2.75, 3.05) is 20.3 Å². The van der Waals surface area contributed by atoms with E-state index in [1.165, 1.54) is 17.6 Å². The van der Waals surface area contributed by atoms with Crippen molar-refractivity contribution >= 4 is 11.5 Å². The lowest BCUT2D eigenvalue weighted by Crippen LogP contribution is -2.18. The maximum Gasteiger partial charge on any atom is 0.132 e. The maximum absolute atomic E-state index is 13.7. The molecular weight excluding hydrogens is 253 g/mol. The van der Waals surface area contributed by atoms with E-state index < -0.39 is 0 Å². The van der Waals surface area contributed by atoms with E-state index in [4.69, 9.17) is 4.74 Å². The van der Waals surface area contributed by atoms with Gasteiger partial charge in [-0.2, -0.15) is 0 Å². The Balaban J connectivity index is 2.10. The maximum atomic E-state index is 13.7. The number of nitrogens with zero attached hydrogens (tertiary/aromatic N) is 2.